The predicted octanol–water partition coefficient (Wildman–Crippen LogP) is 2.89. The molecule has 0 unspecified atom stereocenters. The van der Waals surface area contributed by atoms with E-state index in [4.69, 9.17) is 16.0 Å². The molecular formula is C19H13ClN2O6. The summed E-state index contributed by atoms with van der Waals surface area (Å²) < 4.78 is 5.70. The van der Waals surface area contributed by atoms with Crippen LogP contribution >= 0.6 is 11.6 Å². The Hall–Kier alpha value is -3.23. The molecule has 0 bridgehead atoms. The monoisotopic (exact) mass is 400 g/mol. The highest BCUT2D eigenvalue weighted by Crippen LogP contribution is 2.38. The number of fused-ring (bicyclic) bond motifs is 2. The van der Waals surface area contributed by atoms with Crippen LogP contribution in [0.25, 0.3) is 11.0 Å². The van der Waals surface area contributed by atoms with Crippen molar-refractivity contribution in [2.75, 3.05) is 13.2 Å². The Morgan fingerprint density at radius 1 is 1.18 bits per heavy atom. The molecule has 1 amide bonds. The molecule has 8 nitrogen and oxygen atoms in total. The van der Waals surface area contributed by atoms with Gasteiger partial charge in [-0.05, 0) is 35.9 Å². The van der Waals surface area contributed by atoms with Gasteiger partial charge < -0.3 is 14.4 Å². The molecule has 0 saturated heterocycles. The van der Waals surface area contributed by atoms with Gasteiger partial charge in [-0.15, -0.1) is 0 Å². The van der Waals surface area contributed by atoms with Crippen molar-refractivity contribution in [2.24, 2.45) is 0 Å². The van der Waals surface area contributed by atoms with Gasteiger partial charge in [-0.2, -0.15) is 0 Å². The number of β-amino-alcohol motifs (C(OH)–C–C–N with tert-alkyl or cyclic N) is 1. The number of aliphatic hydroxyl groups is 1. The number of rotatable bonds is 4. The first kappa shape index (κ1) is 18.1. The molecule has 0 radical (unpaired) electrons. The van der Waals surface area contributed by atoms with Crippen molar-refractivity contribution in [3.05, 3.63) is 84.7 Å². The zero-order valence-corrected chi connectivity index (χ0v) is 15.0. The number of hydrogen-bond donors (Lipinski definition) is 1. The molecule has 4 rings (SSSR count). The number of nitro groups is 1. The lowest BCUT2D eigenvalue weighted by Crippen LogP contribution is -2.32. The zero-order valence-electron chi connectivity index (χ0n) is 14.3. The summed E-state index contributed by atoms with van der Waals surface area (Å²) in [7, 11) is 0. The van der Waals surface area contributed by atoms with Gasteiger partial charge in [-0.3, -0.25) is 19.7 Å². The fraction of sp³-hybridized carbons (Fsp3) is 0.158. The van der Waals surface area contributed by atoms with Crippen LogP contribution in [0.5, 0.6) is 0 Å². The molecule has 0 fully saturated rings. The highest BCUT2D eigenvalue weighted by molar-refractivity contribution is 6.31. The number of halogens is 1. The first-order chi connectivity index (χ1) is 13.4. The van der Waals surface area contributed by atoms with E-state index in [1.54, 1.807) is 6.07 Å². The number of benzene rings is 2. The van der Waals surface area contributed by atoms with E-state index >= 15 is 0 Å². The molecule has 1 aromatic heterocycles. The number of nitrogens with zero attached hydrogens (tertiary/aromatic N) is 2. The minimum Gasteiger partial charge on any atom is -0.450 e. The number of nitro benzene ring substituents is 1. The van der Waals surface area contributed by atoms with Crippen LogP contribution in [0.4, 0.5) is 5.69 Å². The van der Waals surface area contributed by atoms with Gasteiger partial charge in [0.2, 0.25) is 5.76 Å². The van der Waals surface area contributed by atoms with Crippen molar-refractivity contribution < 1.29 is 19.2 Å². The van der Waals surface area contributed by atoms with Crippen LogP contribution in [-0.4, -0.2) is 34.0 Å². The minimum atomic E-state index is -0.824. The smallest absolute Gasteiger partial charge is 0.290 e. The molecule has 2 aromatic carbocycles. The van der Waals surface area contributed by atoms with Gasteiger partial charge in [0.15, 0.2) is 5.43 Å². The molecule has 1 aliphatic rings. The molecule has 1 aliphatic heterocycles. The van der Waals surface area contributed by atoms with Gasteiger partial charge in [0.1, 0.15) is 5.58 Å². The minimum absolute atomic E-state index is 0.0266. The molecule has 142 valence electrons. The predicted molar refractivity (Wildman–Crippen MR) is 101 cm³/mol. The fourth-order valence-electron chi connectivity index (χ4n) is 3.46. The van der Waals surface area contributed by atoms with Crippen molar-refractivity contribution in [1.29, 1.82) is 0 Å². The van der Waals surface area contributed by atoms with Crippen molar-refractivity contribution in [3.63, 3.8) is 0 Å². The van der Waals surface area contributed by atoms with Gasteiger partial charge in [-0.25, -0.2) is 0 Å². The van der Waals surface area contributed by atoms with E-state index in [2.05, 4.69) is 0 Å². The second-order valence-corrected chi connectivity index (χ2v) is 6.72. The molecule has 1 N–H and O–H groups in total. The molecule has 28 heavy (non-hydrogen) atoms. The third-order valence-corrected chi connectivity index (χ3v) is 4.92. The maximum absolute atomic E-state index is 13.2. The highest BCUT2D eigenvalue weighted by atomic mass is 35.5. The Morgan fingerprint density at radius 3 is 2.54 bits per heavy atom. The van der Waals surface area contributed by atoms with Crippen LogP contribution in [0, 0.1) is 10.1 Å². The lowest BCUT2D eigenvalue weighted by molar-refractivity contribution is -0.384. The summed E-state index contributed by atoms with van der Waals surface area (Å²) >= 11 is 5.99. The van der Waals surface area contributed by atoms with Gasteiger partial charge in [0, 0.05) is 23.7 Å². The molecule has 9 heteroatoms. The summed E-state index contributed by atoms with van der Waals surface area (Å²) in [5, 5.41) is 20.9. The van der Waals surface area contributed by atoms with E-state index in [1.807, 2.05) is 0 Å². The molecule has 0 spiro atoms. The third-order valence-electron chi connectivity index (χ3n) is 4.69. The van der Waals surface area contributed by atoms with Crippen LogP contribution in [0.3, 0.4) is 0 Å². The Morgan fingerprint density at radius 2 is 1.89 bits per heavy atom. The average molecular weight is 401 g/mol. The molecule has 2 heterocycles. The van der Waals surface area contributed by atoms with E-state index in [1.165, 1.54) is 41.3 Å². The largest absolute Gasteiger partial charge is 0.450 e. The Kier molecular flexibility index (Phi) is 4.37. The summed E-state index contributed by atoms with van der Waals surface area (Å²) in [6, 6.07) is 9.28. The second kappa shape index (κ2) is 6.74. The summed E-state index contributed by atoms with van der Waals surface area (Å²) in [6.07, 6.45) is 0. The van der Waals surface area contributed by atoms with Crippen LogP contribution in [0.1, 0.15) is 27.7 Å². The first-order valence-corrected chi connectivity index (χ1v) is 8.72. The van der Waals surface area contributed by atoms with Gasteiger partial charge in [0.05, 0.1) is 28.5 Å². The molecular weight excluding hydrogens is 388 g/mol. The van der Waals surface area contributed by atoms with Gasteiger partial charge >= 0.3 is 0 Å². The van der Waals surface area contributed by atoms with E-state index in [0.29, 0.717) is 10.6 Å². The van der Waals surface area contributed by atoms with Crippen molar-refractivity contribution >= 4 is 34.2 Å². The molecule has 0 saturated carbocycles. The van der Waals surface area contributed by atoms with Crippen LogP contribution in [-0.2, 0) is 0 Å². The normalized spacial score (nSPS) is 15.9. The lowest BCUT2D eigenvalue weighted by atomic mass is 9.98. The summed E-state index contributed by atoms with van der Waals surface area (Å²) in [5.74, 6) is -0.627. The first-order valence-electron chi connectivity index (χ1n) is 8.35. The fourth-order valence-corrected chi connectivity index (χ4v) is 3.63. The highest BCUT2D eigenvalue weighted by Gasteiger charge is 2.42. The number of amides is 1. The van der Waals surface area contributed by atoms with Gasteiger partial charge in [0.25, 0.3) is 11.6 Å². The number of non-ortho nitro benzene ring substituents is 1. The molecule has 0 aliphatic carbocycles. The van der Waals surface area contributed by atoms with Crippen molar-refractivity contribution in [3.8, 4) is 0 Å². The Balaban J connectivity index is 1.96. The van der Waals surface area contributed by atoms with Crippen LogP contribution in [0.15, 0.2) is 51.7 Å². The standard InChI is InChI=1S/C19H13ClN2O6/c20-11-3-6-14-13(9-11)17(24)15-16(10-1-4-12(5-2-10)22(26)27)21(7-8-23)19(25)18(15)28-14/h1-6,9,16,23H,7-8H2/t16-/m1/s1. The van der Waals surface area contributed by atoms with Crippen LogP contribution in [0.2, 0.25) is 5.02 Å². The SMILES string of the molecule is O=C1c2oc3ccc(Cl)cc3c(=O)c2[C@@H](c2ccc([N+](=O)[O-])cc2)N1CCO. The third kappa shape index (κ3) is 2.74. The lowest BCUT2D eigenvalue weighted by Gasteiger charge is -2.24. The van der Waals surface area contributed by atoms with E-state index in [-0.39, 0.29) is 41.1 Å². The van der Waals surface area contributed by atoms with Gasteiger partial charge in [-0.1, -0.05) is 11.6 Å². The summed E-state index contributed by atoms with van der Waals surface area (Å²) in [6.45, 7) is -0.343. The maximum atomic E-state index is 13.2. The van der Waals surface area contributed by atoms with E-state index in [0.717, 1.165) is 0 Å². The molecule has 3 aromatic rings. The maximum Gasteiger partial charge on any atom is 0.290 e. The number of hydrogen-bond acceptors (Lipinski definition) is 6. The number of carbonyl (C=O) groups excluding carboxylic acids is 1. The number of carbonyl (C=O) groups is 1. The van der Waals surface area contributed by atoms with Crippen LogP contribution < -0.4 is 5.43 Å². The van der Waals surface area contributed by atoms with E-state index < -0.39 is 22.3 Å². The second-order valence-electron chi connectivity index (χ2n) is 6.29. The summed E-state index contributed by atoms with van der Waals surface area (Å²) in [4.78, 5) is 37.7. The topological polar surface area (TPSA) is 114 Å². The van der Waals surface area contributed by atoms with Crippen molar-refractivity contribution in [1.82, 2.24) is 4.90 Å². The van der Waals surface area contributed by atoms with Crippen molar-refractivity contribution in [2.45, 2.75) is 6.04 Å². The average Bonchev–Trinajstić information content (AvgIpc) is 2.95. The quantitative estimate of drug-likeness (QED) is 0.532. The Bertz CT molecular complexity index is 1170. The number of aliphatic hydroxyl groups excluding tert-OH is 1. The van der Waals surface area contributed by atoms with E-state index in [9.17, 15) is 24.8 Å². The molecule has 1 atom stereocenters. The summed E-state index contributed by atoms with van der Waals surface area (Å²) in [5.41, 5.74) is 0.340. The zero-order chi connectivity index (χ0) is 20.0. The Labute approximate surface area is 162 Å².